The number of hydrogen-bond acceptors (Lipinski definition) is 7. The molecule has 1 aliphatic heterocycles. The van der Waals surface area contributed by atoms with Gasteiger partial charge in [0.05, 0.1) is 12.2 Å². The summed E-state index contributed by atoms with van der Waals surface area (Å²) in [4.78, 5) is 14.6. The average molecular weight is 281 g/mol. The number of piperidine rings is 1. The molecule has 1 aliphatic rings. The van der Waals surface area contributed by atoms with E-state index in [1.54, 1.807) is 0 Å². The lowest BCUT2D eigenvalue weighted by Crippen LogP contribution is -2.40. The average Bonchev–Trinajstić information content (AvgIpc) is 2.38. The van der Waals surface area contributed by atoms with E-state index in [0.29, 0.717) is 5.95 Å². The fraction of sp³-hybridized carbons (Fsp3) is 0.769. The van der Waals surface area contributed by atoms with Crippen molar-refractivity contribution in [2.75, 3.05) is 30.3 Å². The van der Waals surface area contributed by atoms with Crippen LogP contribution >= 0.6 is 0 Å². The van der Waals surface area contributed by atoms with Gasteiger partial charge in [0.1, 0.15) is 0 Å². The summed E-state index contributed by atoms with van der Waals surface area (Å²) in [6.07, 6.45) is 2.35. The van der Waals surface area contributed by atoms with E-state index in [9.17, 15) is 0 Å². The molecule has 0 aromatic carbocycles. The van der Waals surface area contributed by atoms with Crippen LogP contribution in [-0.4, -0.2) is 46.9 Å². The number of nitrogens with zero attached hydrogens (tertiary/aromatic N) is 4. The lowest BCUT2D eigenvalue weighted by atomic mass is 10.1. The zero-order valence-electron chi connectivity index (χ0n) is 12.4. The van der Waals surface area contributed by atoms with Gasteiger partial charge in [0.25, 0.3) is 0 Å². The summed E-state index contributed by atoms with van der Waals surface area (Å²) in [5.74, 6) is 0.752. The van der Waals surface area contributed by atoms with Gasteiger partial charge >= 0.3 is 6.01 Å². The molecule has 1 aromatic rings. The van der Waals surface area contributed by atoms with Crippen molar-refractivity contribution in [3.8, 4) is 6.01 Å². The van der Waals surface area contributed by atoms with Crippen molar-refractivity contribution >= 4 is 11.9 Å². The largest absolute Gasteiger partial charge is 0.461 e. The predicted octanol–water partition coefficient (Wildman–Crippen LogP) is 1.25. The Morgan fingerprint density at radius 2 is 2.15 bits per heavy atom. The van der Waals surface area contributed by atoms with Gasteiger partial charge in [-0.1, -0.05) is 0 Å². The molecule has 2 rings (SSSR count). The highest BCUT2D eigenvalue weighted by molar-refractivity contribution is 5.36. The van der Waals surface area contributed by atoms with Gasteiger partial charge in [-0.25, -0.2) is 0 Å². The van der Waals surface area contributed by atoms with Crippen LogP contribution in [-0.2, 0) is 4.74 Å². The molecule has 20 heavy (non-hydrogen) atoms. The normalized spacial score (nSPS) is 19.4. The fourth-order valence-corrected chi connectivity index (χ4v) is 2.26. The SMILES string of the molecule is CCOC1CCCN(c2nc(N)nc(OC(C)C)n2)C1. The number of aromatic nitrogens is 3. The highest BCUT2D eigenvalue weighted by atomic mass is 16.5. The monoisotopic (exact) mass is 281 g/mol. The van der Waals surface area contributed by atoms with Crippen molar-refractivity contribution in [1.29, 1.82) is 0 Å². The predicted molar refractivity (Wildman–Crippen MR) is 76.9 cm³/mol. The highest BCUT2D eigenvalue weighted by Gasteiger charge is 2.23. The van der Waals surface area contributed by atoms with Crippen LogP contribution in [0.4, 0.5) is 11.9 Å². The van der Waals surface area contributed by atoms with Crippen molar-refractivity contribution in [2.45, 2.75) is 45.8 Å². The first-order valence-corrected chi connectivity index (χ1v) is 7.13. The van der Waals surface area contributed by atoms with Gasteiger partial charge in [0, 0.05) is 19.7 Å². The van der Waals surface area contributed by atoms with E-state index in [1.165, 1.54) is 0 Å². The number of rotatable bonds is 5. The molecule has 1 saturated heterocycles. The van der Waals surface area contributed by atoms with Crippen molar-refractivity contribution in [2.24, 2.45) is 0 Å². The van der Waals surface area contributed by atoms with Gasteiger partial charge in [0.15, 0.2) is 0 Å². The van der Waals surface area contributed by atoms with E-state index in [1.807, 2.05) is 20.8 Å². The summed E-state index contributed by atoms with van der Waals surface area (Å²) < 4.78 is 11.2. The van der Waals surface area contributed by atoms with Crippen molar-refractivity contribution < 1.29 is 9.47 Å². The summed E-state index contributed by atoms with van der Waals surface area (Å²) in [6, 6.07) is 0.279. The molecule has 0 aliphatic carbocycles. The molecule has 7 nitrogen and oxygen atoms in total. The van der Waals surface area contributed by atoms with Gasteiger partial charge in [0.2, 0.25) is 11.9 Å². The first-order valence-electron chi connectivity index (χ1n) is 7.13. The van der Waals surface area contributed by atoms with Gasteiger partial charge in [-0.2, -0.15) is 15.0 Å². The van der Waals surface area contributed by atoms with Crippen LogP contribution in [0, 0.1) is 0 Å². The van der Waals surface area contributed by atoms with Crippen LogP contribution in [0.2, 0.25) is 0 Å². The third-order valence-electron chi connectivity index (χ3n) is 3.02. The fourth-order valence-electron chi connectivity index (χ4n) is 2.26. The standard InChI is InChI=1S/C13H23N5O2/c1-4-19-10-6-5-7-18(8-10)12-15-11(14)16-13(17-12)20-9(2)3/h9-10H,4-8H2,1-3H3,(H2,14,15,16,17). The van der Waals surface area contributed by atoms with Crippen molar-refractivity contribution in [3.05, 3.63) is 0 Å². The molecule has 0 saturated carbocycles. The smallest absolute Gasteiger partial charge is 0.323 e. The van der Waals surface area contributed by atoms with Crippen LogP contribution in [0.15, 0.2) is 0 Å². The molecular formula is C13H23N5O2. The Morgan fingerprint density at radius 3 is 2.85 bits per heavy atom. The lowest BCUT2D eigenvalue weighted by Gasteiger charge is -2.32. The molecule has 0 bridgehead atoms. The summed E-state index contributed by atoms with van der Waals surface area (Å²) in [5.41, 5.74) is 5.73. The second kappa shape index (κ2) is 6.69. The molecule has 112 valence electrons. The van der Waals surface area contributed by atoms with E-state index in [-0.39, 0.29) is 24.2 Å². The topological polar surface area (TPSA) is 86.4 Å². The van der Waals surface area contributed by atoms with Gasteiger partial charge in [-0.3, -0.25) is 0 Å². The minimum absolute atomic E-state index is 0.00202. The highest BCUT2D eigenvalue weighted by Crippen LogP contribution is 2.20. The van der Waals surface area contributed by atoms with Gasteiger partial charge in [-0.05, 0) is 33.6 Å². The van der Waals surface area contributed by atoms with E-state index in [0.717, 1.165) is 32.5 Å². The third kappa shape index (κ3) is 3.93. The number of anilines is 2. The molecule has 0 radical (unpaired) electrons. The van der Waals surface area contributed by atoms with Gasteiger partial charge in [-0.15, -0.1) is 0 Å². The van der Waals surface area contributed by atoms with Crippen LogP contribution in [0.3, 0.4) is 0 Å². The summed E-state index contributed by atoms with van der Waals surface area (Å²) in [6.45, 7) is 8.25. The maximum Gasteiger partial charge on any atom is 0.323 e. The van der Waals surface area contributed by atoms with E-state index < -0.39 is 0 Å². The molecule has 2 heterocycles. The Balaban J connectivity index is 2.12. The van der Waals surface area contributed by atoms with E-state index in [2.05, 4.69) is 19.9 Å². The van der Waals surface area contributed by atoms with Crippen LogP contribution < -0.4 is 15.4 Å². The minimum atomic E-state index is 0.00202. The summed E-state index contributed by atoms with van der Waals surface area (Å²) in [5, 5.41) is 0. The molecular weight excluding hydrogens is 258 g/mol. The molecule has 1 aromatic heterocycles. The zero-order valence-corrected chi connectivity index (χ0v) is 12.4. The van der Waals surface area contributed by atoms with Crippen LogP contribution in [0.1, 0.15) is 33.6 Å². The van der Waals surface area contributed by atoms with Crippen molar-refractivity contribution in [3.63, 3.8) is 0 Å². The maximum absolute atomic E-state index is 5.73. The zero-order chi connectivity index (χ0) is 14.5. The van der Waals surface area contributed by atoms with Crippen molar-refractivity contribution in [1.82, 2.24) is 15.0 Å². The third-order valence-corrected chi connectivity index (χ3v) is 3.02. The number of ether oxygens (including phenoxy) is 2. The molecule has 1 unspecified atom stereocenters. The number of nitrogen functional groups attached to an aromatic ring is 1. The second-order valence-electron chi connectivity index (χ2n) is 5.11. The van der Waals surface area contributed by atoms with Crippen LogP contribution in [0.5, 0.6) is 6.01 Å². The number of hydrogen-bond donors (Lipinski definition) is 1. The van der Waals surface area contributed by atoms with E-state index in [4.69, 9.17) is 15.2 Å². The summed E-state index contributed by atoms with van der Waals surface area (Å²) in [7, 11) is 0. The first kappa shape index (κ1) is 14.8. The lowest BCUT2D eigenvalue weighted by molar-refractivity contribution is 0.0523. The molecule has 2 N–H and O–H groups in total. The molecule has 0 spiro atoms. The Bertz CT molecular complexity index is 439. The quantitative estimate of drug-likeness (QED) is 0.869. The first-order chi connectivity index (χ1) is 9.58. The van der Waals surface area contributed by atoms with E-state index >= 15 is 0 Å². The van der Waals surface area contributed by atoms with Crippen LogP contribution in [0.25, 0.3) is 0 Å². The second-order valence-corrected chi connectivity index (χ2v) is 5.11. The minimum Gasteiger partial charge on any atom is -0.461 e. The number of nitrogens with two attached hydrogens (primary N) is 1. The summed E-state index contributed by atoms with van der Waals surface area (Å²) >= 11 is 0. The maximum atomic E-state index is 5.73. The Kier molecular flexibility index (Phi) is 4.94. The molecule has 1 fully saturated rings. The Labute approximate surface area is 119 Å². The Morgan fingerprint density at radius 1 is 1.35 bits per heavy atom. The van der Waals surface area contributed by atoms with Gasteiger partial charge < -0.3 is 20.1 Å². The molecule has 7 heteroatoms. The molecule has 0 amide bonds. The Hall–Kier alpha value is -1.63. The molecule has 1 atom stereocenters.